The van der Waals surface area contributed by atoms with Gasteiger partial charge in [0.2, 0.25) is 5.82 Å². The third-order valence-electron chi connectivity index (χ3n) is 2.54. The summed E-state index contributed by atoms with van der Waals surface area (Å²) in [5.41, 5.74) is -0.540. The first-order valence-electron chi connectivity index (χ1n) is 5.76. The number of nitro groups is 1. The lowest BCUT2D eigenvalue weighted by atomic mass is 10.2. The average Bonchev–Trinajstić information content (AvgIpc) is 2.47. The van der Waals surface area contributed by atoms with Crippen LogP contribution >= 0.6 is 0 Å². The normalized spacial score (nSPS) is 10.0. The van der Waals surface area contributed by atoms with Gasteiger partial charge >= 0.3 is 5.69 Å². The first kappa shape index (κ1) is 14.3. The molecule has 0 spiro atoms. The summed E-state index contributed by atoms with van der Waals surface area (Å²) in [6.45, 7) is 0. The smallest absolute Gasteiger partial charge is 0.304 e. The zero-order chi connectivity index (χ0) is 15.4. The lowest BCUT2D eigenvalue weighted by Gasteiger charge is -2.05. The first-order chi connectivity index (χ1) is 10.0. The van der Waals surface area contributed by atoms with Gasteiger partial charge in [-0.3, -0.25) is 14.9 Å². The Bertz CT molecular complexity index is 690. The molecule has 2 N–H and O–H groups in total. The van der Waals surface area contributed by atoms with Crippen molar-refractivity contribution < 1.29 is 14.1 Å². The zero-order valence-electron chi connectivity index (χ0n) is 10.8. The van der Waals surface area contributed by atoms with E-state index in [1.807, 2.05) is 0 Å². The molecule has 9 heteroatoms. The van der Waals surface area contributed by atoms with Crippen LogP contribution in [-0.2, 0) is 0 Å². The van der Waals surface area contributed by atoms with Gasteiger partial charge in [0.1, 0.15) is 11.5 Å². The van der Waals surface area contributed by atoms with Gasteiger partial charge in [-0.2, -0.15) is 4.39 Å². The Kier molecular flexibility index (Phi) is 4.02. The monoisotopic (exact) mass is 291 g/mol. The molecule has 2 rings (SSSR count). The summed E-state index contributed by atoms with van der Waals surface area (Å²) in [5, 5.41) is 15.6. The van der Waals surface area contributed by atoms with Gasteiger partial charge in [-0.05, 0) is 6.07 Å². The Labute approximate surface area is 118 Å². The van der Waals surface area contributed by atoms with E-state index in [1.165, 1.54) is 18.5 Å². The Hall–Kier alpha value is -3.10. The van der Waals surface area contributed by atoms with Gasteiger partial charge in [-0.25, -0.2) is 9.97 Å². The number of halogens is 1. The molecule has 1 heterocycles. The number of carbonyl (C=O) groups excluding carboxylic acids is 1. The van der Waals surface area contributed by atoms with Crippen molar-refractivity contribution in [3.8, 4) is 0 Å². The fourth-order valence-corrected chi connectivity index (χ4v) is 1.50. The van der Waals surface area contributed by atoms with E-state index in [9.17, 15) is 19.3 Å². The summed E-state index contributed by atoms with van der Waals surface area (Å²) < 4.78 is 13.4. The van der Waals surface area contributed by atoms with E-state index in [2.05, 4.69) is 20.6 Å². The molecule has 0 aliphatic heterocycles. The minimum Gasteiger partial charge on any atom is -0.372 e. The number of nitrogens with zero attached hydrogens (tertiary/aromatic N) is 3. The molecule has 1 amide bonds. The molecule has 0 fully saturated rings. The summed E-state index contributed by atoms with van der Waals surface area (Å²) in [7, 11) is 1.66. The van der Waals surface area contributed by atoms with E-state index in [1.54, 1.807) is 7.05 Å². The van der Waals surface area contributed by atoms with E-state index in [-0.39, 0.29) is 11.4 Å². The largest absolute Gasteiger partial charge is 0.372 e. The van der Waals surface area contributed by atoms with E-state index in [0.717, 1.165) is 12.1 Å². The van der Waals surface area contributed by atoms with Crippen LogP contribution in [0, 0.1) is 15.9 Å². The van der Waals surface area contributed by atoms with E-state index in [0.29, 0.717) is 5.82 Å². The van der Waals surface area contributed by atoms with Crippen molar-refractivity contribution >= 4 is 23.1 Å². The van der Waals surface area contributed by atoms with Crippen molar-refractivity contribution in [1.29, 1.82) is 0 Å². The molecule has 0 radical (unpaired) electrons. The van der Waals surface area contributed by atoms with Crippen molar-refractivity contribution in [2.75, 3.05) is 17.7 Å². The predicted octanol–water partition coefficient (Wildman–Crippen LogP) is 1.82. The van der Waals surface area contributed by atoms with Crippen molar-refractivity contribution in [3.05, 3.63) is 52.2 Å². The summed E-state index contributed by atoms with van der Waals surface area (Å²) in [4.78, 5) is 29.3. The fourth-order valence-electron chi connectivity index (χ4n) is 1.50. The van der Waals surface area contributed by atoms with Gasteiger partial charge in [-0.15, -0.1) is 0 Å². The lowest BCUT2D eigenvalue weighted by molar-refractivity contribution is -0.387. The Morgan fingerprint density at radius 2 is 2.10 bits per heavy atom. The number of nitro benzene ring substituents is 1. The van der Waals surface area contributed by atoms with Crippen LogP contribution < -0.4 is 10.6 Å². The molecule has 108 valence electrons. The maximum Gasteiger partial charge on any atom is 0.304 e. The van der Waals surface area contributed by atoms with Crippen LogP contribution in [0.15, 0.2) is 30.6 Å². The number of hydrogen-bond donors (Lipinski definition) is 2. The summed E-state index contributed by atoms with van der Waals surface area (Å²) >= 11 is 0. The molecule has 0 atom stereocenters. The summed E-state index contributed by atoms with van der Waals surface area (Å²) in [6.07, 6.45) is 2.62. The van der Waals surface area contributed by atoms with Crippen LogP contribution in [0.2, 0.25) is 0 Å². The Morgan fingerprint density at radius 3 is 2.62 bits per heavy atom. The minimum atomic E-state index is -1.03. The van der Waals surface area contributed by atoms with E-state index in [4.69, 9.17) is 0 Å². The van der Waals surface area contributed by atoms with Crippen LogP contribution in [0.25, 0.3) is 0 Å². The molecule has 1 aromatic heterocycles. The molecular formula is C12H10FN5O3. The molecule has 0 saturated carbocycles. The number of rotatable bonds is 4. The van der Waals surface area contributed by atoms with Crippen LogP contribution in [0.4, 0.5) is 21.6 Å². The zero-order valence-corrected chi connectivity index (χ0v) is 10.8. The van der Waals surface area contributed by atoms with E-state index < -0.39 is 22.3 Å². The van der Waals surface area contributed by atoms with Gasteiger partial charge in [0.25, 0.3) is 5.91 Å². The predicted molar refractivity (Wildman–Crippen MR) is 72.6 cm³/mol. The van der Waals surface area contributed by atoms with Gasteiger partial charge in [0.05, 0.1) is 17.3 Å². The lowest BCUT2D eigenvalue weighted by Crippen LogP contribution is -2.14. The summed E-state index contributed by atoms with van der Waals surface area (Å²) in [5.74, 6) is -1.14. The maximum absolute atomic E-state index is 13.4. The highest BCUT2D eigenvalue weighted by Gasteiger charge is 2.15. The molecule has 0 saturated heterocycles. The molecule has 0 unspecified atom stereocenters. The highest BCUT2D eigenvalue weighted by molar-refractivity contribution is 6.02. The van der Waals surface area contributed by atoms with Crippen molar-refractivity contribution in [2.45, 2.75) is 0 Å². The quantitative estimate of drug-likeness (QED) is 0.656. The number of anilines is 2. The van der Waals surface area contributed by atoms with Gasteiger partial charge < -0.3 is 10.6 Å². The second kappa shape index (κ2) is 5.90. The third kappa shape index (κ3) is 3.26. The molecule has 8 nitrogen and oxygen atoms in total. The standard InChI is InChI=1S/C12H10FN5O3/c1-14-11-6-15-9(5-16-11)12(19)17-7-2-3-10(18(20)21)8(13)4-7/h2-6H,1H3,(H,14,16)(H,17,19). The van der Waals surface area contributed by atoms with Crippen LogP contribution in [-0.4, -0.2) is 27.8 Å². The Balaban J connectivity index is 2.15. The van der Waals surface area contributed by atoms with Crippen LogP contribution in [0.1, 0.15) is 10.5 Å². The molecule has 0 bridgehead atoms. The van der Waals surface area contributed by atoms with E-state index >= 15 is 0 Å². The fraction of sp³-hybridized carbons (Fsp3) is 0.0833. The second-order valence-corrected chi connectivity index (χ2v) is 3.91. The number of hydrogen-bond acceptors (Lipinski definition) is 6. The SMILES string of the molecule is CNc1cnc(C(=O)Nc2ccc([N+](=O)[O-])c(F)c2)cn1. The van der Waals surface area contributed by atoms with Crippen LogP contribution in [0.3, 0.4) is 0 Å². The molecule has 1 aromatic carbocycles. The molecular weight excluding hydrogens is 281 g/mol. The third-order valence-corrected chi connectivity index (χ3v) is 2.54. The number of carbonyl (C=O) groups is 1. The summed E-state index contributed by atoms with van der Waals surface area (Å²) in [6, 6.07) is 3.07. The number of aromatic nitrogens is 2. The number of benzene rings is 1. The average molecular weight is 291 g/mol. The molecule has 0 aliphatic rings. The van der Waals surface area contributed by atoms with Crippen molar-refractivity contribution in [1.82, 2.24) is 9.97 Å². The Morgan fingerprint density at radius 1 is 1.33 bits per heavy atom. The van der Waals surface area contributed by atoms with Crippen LogP contribution in [0.5, 0.6) is 0 Å². The molecule has 0 aliphatic carbocycles. The van der Waals surface area contributed by atoms with Gasteiger partial charge in [0.15, 0.2) is 0 Å². The van der Waals surface area contributed by atoms with Crippen molar-refractivity contribution in [2.24, 2.45) is 0 Å². The van der Waals surface area contributed by atoms with Gasteiger partial charge in [0, 0.05) is 24.9 Å². The topological polar surface area (TPSA) is 110 Å². The molecule has 2 aromatic rings. The number of nitrogens with one attached hydrogen (secondary N) is 2. The number of amides is 1. The maximum atomic E-state index is 13.4. The second-order valence-electron chi connectivity index (χ2n) is 3.91. The highest BCUT2D eigenvalue weighted by atomic mass is 19.1. The van der Waals surface area contributed by atoms with Crippen molar-refractivity contribution in [3.63, 3.8) is 0 Å². The first-order valence-corrected chi connectivity index (χ1v) is 5.76. The van der Waals surface area contributed by atoms with Gasteiger partial charge in [-0.1, -0.05) is 0 Å². The minimum absolute atomic E-state index is 0.0350. The highest BCUT2D eigenvalue weighted by Crippen LogP contribution is 2.21. The molecule has 21 heavy (non-hydrogen) atoms.